The third kappa shape index (κ3) is 4.37. The van der Waals surface area contributed by atoms with Gasteiger partial charge in [0.15, 0.2) is 0 Å². The molecule has 7 nitrogen and oxygen atoms in total. The summed E-state index contributed by atoms with van der Waals surface area (Å²) in [7, 11) is 1.53. The molecule has 1 N–H and O–H groups in total. The SMILES string of the molecule is CNC(=O)CN1Cc2ccccc2N(C(=O)c2ccc(N3CCCC3)cc2Cl)CC1=O. The summed E-state index contributed by atoms with van der Waals surface area (Å²) in [6, 6.07) is 12.8. The topological polar surface area (TPSA) is 73.0 Å². The average molecular weight is 441 g/mol. The lowest BCUT2D eigenvalue weighted by Crippen LogP contribution is -2.43. The number of hydrogen-bond donors (Lipinski definition) is 1. The molecule has 2 heterocycles. The molecule has 2 aliphatic heterocycles. The molecule has 0 radical (unpaired) electrons. The van der Waals surface area contributed by atoms with Crippen molar-refractivity contribution in [3.8, 4) is 0 Å². The number of fused-ring (bicyclic) bond motifs is 1. The van der Waals surface area contributed by atoms with E-state index in [4.69, 9.17) is 11.6 Å². The Labute approximate surface area is 186 Å². The van der Waals surface area contributed by atoms with Gasteiger partial charge in [0.05, 0.1) is 17.1 Å². The number of rotatable bonds is 4. The van der Waals surface area contributed by atoms with Gasteiger partial charge in [-0.3, -0.25) is 19.3 Å². The Kier molecular flexibility index (Phi) is 6.13. The second-order valence-corrected chi connectivity index (χ2v) is 8.21. The highest BCUT2D eigenvalue weighted by Crippen LogP contribution is 2.31. The molecule has 1 saturated heterocycles. The molecule has 0 aliphatic carbocycles. The van der Waals surface area contributed by atoms with E-state index in [-0.39, 0.29) is 37.4 Å². The first-order chi connectivity index (χ1) is 15.0. The average Bonchev–Trinajstić information content (AvgIpc) is 3.27. The summed E-state index contributed by atoms with van der Waals surface area (Å²) < 4.78 is 0. The molecule has 8 heteroatoms. The molecule has 2 aliphatic rings. The van der Waals surface area contributed by atoms with Crippen molar-refractivity contribution in [2.75, 3.05) is 43.0 Å². The number of amides is 3. The van der Waals surface area contributed by atoms with Crippen molar-refractivity contribution >= 4 is 40.7 Å². The molecule has 0 spiro atoms. The first-order valence-electron chi connectivity index (χ1n) is 10.4. The molecule has 0 saturated carbocycles. The van der Waals surface area contributed by atoms with Gasteiger partial charge >= 0.3 is 0 Å². The maximum absolute atomic E-state index is 13.5. The van der Waals surface area contributed by atoms with Gasteiger partial charge in [-0.05, 0) is 42.7 Å². The Morgan fingerprint density at radius 2 is 1.81 bits per heavy atom. The van der Waals surface area contributed by atoms with Gasteiger partial charge in [-0.15, -0.1) is 0 Å². The predicted octanol–water partition coefficient (Wildman–Crippen LogP) is 2.68. The zero-order valence-corrected chi connectivity index (χ0v) is 18.2. The molecule has 3 amide bonds. The van der Waals surface area contributed by atoms with Gasteiger partial charge < -0.3 is 15.1 Å². The molecule has 0 aromatic heterocycles. The zero-order chi connectivity index (χ0) is 22.0. The van der Waals surface area contributed by atoms with Gasteiger partial charge in [-0.1, -0.05) is 29.8 Å². The van der Waals surface area contributed by atoms with Crippen LogP contribution in [0, 0.1) is 0 Å². The van der Waals surface area contributed by atoms with Crippen LogP contribution >= 0.6 is 11.6 Å². The third-order valence-corrected chi connectivity index (χ3v) is 6.12. The number of para-hydroxylation sites is 1. The Morgan fingerprint density at radius 1 is 1.06 bits per heavy atom. The number of hydrogen-bond acceptors (Lipinski definition) is 4. The summed E-state index contributed by atoms with van der Waals surface area (Å²) in [5.41, 5.74) is 2.81. The fraction of sp³-hybridized carbons (Fsp3) is 0.348. The van der Waals surface area contributed by atoms with Crippen LogP contribution in [-0.2, 0) is 16.1 Å². The van der Waals surface area contributed by atoms with E-state index in [1.807, 2.05) is 36.4 Å². The van der Waals surface area contributed by atoms with Crippen molar-refractivity contribution in [2.24, 2.45) is 0 Å². The molecule has 2 aromatic rings. The van der Waals surface area contributed by atoms with Crippen molar-refractivity contribution in [3.05, 3.63) is 58.6 Å². The fourth-order valence-electron chi connectivity index (χ4n) is 4.09. The summed E-state index contributed by atoms with van der Waals surface area (Å²) in [6.07, 6.45) is 2.30. The van der Waals surface area contributed by atoms with Crippen molar-refractivity contribution in [1.29, 1.82) is 0 Å². The van der Waals surface area contributed by atoms with Crippen LogP contribution in [0.3, 0.4) is 0 Å². The molecule has 2 aromatic carbocycles. The lowest BCUT2D eigenvalue weighted by molar-refractivity contribution is -0.135. The first kappa shape index (κ1) is 21.2. The van der Waals surface area contributed by atoms with Crippen LogP contribution in [-0.4, -0.2) is 55.8 Å². The molecule has 0 unspecified atom stereocenters. The second-order valence-electron chi connectivity index (χ2n) is 7.80. The highest BCUT2D eigenvalue weighted by atomic mass is 35.5. The van der Waals surface area contributed by atoms with E-state index in [9.17, 15) is 14.4 Å². The molecule has 162 valence electrons. The fourth-order valence-corrected chi connectivity index (χ4v) is 4.35. The largest absolute Gasteiger partial charge is 0.371 e. The van der Waals surface area contributed by atoms with E-state index < -0.39 is 0 Å². The lowest BCUT2D eigenvalue weighted by Gasteiger charge is -2.24. The lowest BCUT2D eigenvalue weighted by atomic mass is 10.1. The van der Waals surface area contributed by atoms with Gasteiger partial charge in [-0.2, -0.15) is 0 Å². The normalized spacial score (nSPS) is 16.2. The third-order valence-electron chi connectivity index (χ3n) is 5.80. The van der Waals surface area contributed by atoms with Crippen LogP contribution in [0.2, 0.25) is 5.02 Å². The summed E-state index contributed by atoms with van der Waals surface area (Å²) in [4.78, 5) is 43.4. The minimum absolute atomic E-state index is 0.0585. The van der Waals surface area contributed by atoms with Crippen molar-refractivity contribution in [3.63, 3.8) is 0 Å². The summed E-state index contributed by atoms with van der Waals surface area (Å²) in [6.45, 7) is 2.01. The molecule has 1 fully saturated rings. The Balaban J connectivity index is 1.64. The maximum Gasteiger partial charge on any atom is 0.260 e. The second kappa shape index (κ2) is 8.98. The van der Waals surface area contributed by atoms with E-state index >= 15 is 0 Å². The Hall–Kier alpha value is -3.06. The van der Waals surface area contributed by atoms with E-state index in [2.05, 4.69) is 10.2 Å². The monoisotopic (exact) mass is 440 g/mol. The van der Waals surface area contributed by atoms with Crippen LogP contribution in [0.5, 0.6) is 0 Å². The van der Waals surface area contributed by atoms with E-state index in [1.54, 1.807) is 6.07 Å². The van der Waals surface area contributed by atoms with Crippen LogP contribution in [0.15, 0.2) is 42.5 Å². The van der Waals surface area contributed by atoms with Gasteiger partial charge in [0.25, 0.3) is 5.91 Å². The minimum atomic E-state index is -0.333. The minimum Gasteiger partial charge on any atom is -0.371 e. The smallest absolute Gasteiger partial charge is 0.260 e. The van der Waals surface area contributed by atoms with E-state index in [1.165, 1.54) is 16.8 Å². The van der Waals surface area contributed by atoms with E-state index in [0.29, 0.717) is 16.3 Å². The van der Waals surface area contributed by atoms with Gasteiger partial charge in [0.2, 0.25) is 11.8 Å². The number of anilines is 2. The number of nitrogens with zero attached hydrogens (tertiary/aromatic N) is 3. The van der Waals surface area contributed by atoms with Gasteiger partial charge in [0.1, 0.15) is 6.54 Å². The van der Waals surface area contributed by atoms with Crippen LogP contribution in [0.4, 0.5) is 11.4 Å². The number of likely N-dealkylation sites (N-methyl/N-ethyl adjacent to an activating group) is 1. The predicted molar refractivity (Wildman–Crippen MR) is 121 cm³/mol. The first-order valence-corrected chi connectivity index (χ1v) is 10.8. The number of nitrogens with one attached hydrogen (secondary N) is 1. The number of benzene rings is 2. The molecule has 0 bridgehead atoms. The van der Waals surface area contributed by atoms with Crippen LogP contribution < -0.4 is 15.1 Å². The standard InChI is InChI=1S/C23H25ClN4O3/c1-25-21(29)14-27-13-16-6-2-3-7-20(16)28(15-22(27)30)23(31)18-9-8-17(12-19(18)24)26-10-4-5-11-26/h2-3,6-9,12H,4-5,10-11,13-15H2,1H3,(H,25,29). The Bertz CT molecular complexity index is 1020. The number of halogens is 1. The number of carbonyl (C=O) groups excluding carboxylic acids is 3. The number of carbonyl (C=O) groups is 3. The molecular weight excluding hydrogens is 416 g/mol. The van der Waals surface area contributed by atoms with Crippen LogP contribution in [0.1, 0.15) is 28.8 Å². The molecule has 31 heavy (non-hydrogen) atoms. The highest BCUT2D eigenvalue weighted by Gasteiger charge is 2.31. The quantitative estimate of drug-likeness (QED) is 0.793. The highest BCUT2D eigenvalue weighted by molar-refractivity contribution is 6.35. The summed E-state index contributed by atoms with van der Waals surface area (Å²) >= 11 is 6.52. The van der Waals surface area contributed by atoms with Crippen molar-refractivity contribution < 1.29 is 14.4 Å². The maximum atomic E-state index is 13.5. The van der Waals surface area contributed by atoms with Crippen molar-refractivity contribution in [2.45, 2.75) is 19.4 Å². The van der Waals surface area contributed by atoms with Gasteiger partial charge in [0, 0.05) is 38.1 Å². The molecular formula is C23H25ClN4O3. The van der Waals surface area contributed by atoms with Gasteiger partial charge in [-0.25, -0.2) is 0 Å². The Morgan fingerprint density at radius 3 is 2.52 bits per heavy atom. The zero-order valence-electron chi connectivity index (χ0n) is 17.4. The molecule has 4 rings (SSSR count). The summed E-state index contributed by atoms with van der Waals surface area (Å²) in [5.74, 6) is -0.885. The molecule has 0 atom stereocenters. The van der Waals surface area contributed by atoms with Crippen molar-refractivity contribution in [1.82, 2.24) is 10.2 Å². The summed E-state index contributed by atoms with van der Waals surface area (Å²) in [5, 5.41) is 2.90. The van der Waals surface area contributed by atoms with Crippen LogP contribution in [0.25, 0.3) is 0 Å². The van der Waals surface area contributed by atoms with E-state index in [0.717, 1.165) is 37.2 Å².